The molecule has 4 heterocycles. The van der Waals surface area contributed by atoms with E-state index in [1.807, 2.05) is 6.08 Å². The first kappa shape index (κ1) is 37.4. The molecule has 1 aromatic carbocycles. The SMILES string of the molecule is CNc1ncc2cc(-c3c(Cl)c(OC)cc(OC)c3Cl)c(=O)n(CCCC3CCN(C(=O)/C(C#N)=C\C(C)(C)N4CCN(C)CC4)CC3)c2n1. The summed E-state index contributed by atoms with van der Waals surface area (Å²) in [6.45, 7) is 9.43. The van der Waals surface area contributed by atoms with Crippen molar-refractivity contribution in [3.63, 3.8) is 0 Å². The summed E-state index contributed by atoms with van der Waals surface area (Å²) in [6.07, 6.45) is 6.72. The molecule has 2 fully saturated rings. The van der Waals surface area contributed by atoms with Crippen LogP contribution in [0.25, 0.3) is 22.2 Å². The molecule has 0 unspecified atom stereocenters. The molecule has 1 amide bonds. The van der Waals surface area contributed by atoms with Crippen molar-refractivity contribution in [1.82, 2.24) is 29.2 Å². The van der Waals surface area contributed by atoms with Gasteiger partial charge in [-0.1, -0.05) is 23.2 Å². The predicted octanol–water partition coefficient (Wildman–Crippen LogP) is 5.32. The number of rotatable bonds is 11. The molecule has 0 bridgehead atoms. The van der Waals surface area contributed by atoms with Crippen LogP contribution < -0.4 is 20.3 Å². The van der Waals surface area contributed by atoms with Gasteiger partial charge in [-0.05, 0) is 64.6 Å². The molecule has 12 nitrogen and oxygen atoms in total. The van der Waals surface area contributed by atoms with Gasteiger partial charge in [0.05, 0.1) is 29.8 Å². The first-order chi connectivity index (χ1) is 23.9. The van der Waals surface area contributed by atoms with E-state index in [0.717, 1.165) is 45.4 Å². The molecule has 1 N–H and O–H groups in total. The summed E-state index contributed by atoms with van der Waals surface area (Å²) in [6, 6.07) is 5.47. The fourth-order valence-corrected chi connectivity index (χ4v) is 7.59. The minimum atomic E-state index is -0.395. The maximum atomic E-state index is 14.2. The maximum Gasteiger partial charge on any atom is 0.264 e. The molecular weight excluding hydrogens is 679 g/mol. The number of aryl methyl sites for hydroxylation is 1. The van der Waals surface area contributed by atoms with Crippen LogP contribution in [-0.4, -0.2) is 108 Å². The van der Waals surface area contributed by atoms with Crippen molar-refractivity contribution in [2.75, 3.05) is 72.9 Å². The van der Waals surface area contributed by atoms with E-state index in [0.29, 0.717) is 66.0 Å². The number of piperazine rings is 1. The average Bonchev–Trinajstić information content (AvgIpc) is 3.12. The normalized spacial score (nSPS) is 16.8. The number of methoxy groups -OCH3 is 2. The molecule has 268 valence electrons. The second-order valence-electron chi connectivity index (χ2n) is 13.5. The molecule has 2 aromatic heterocycles. The summed E-state index contributed by atoms with van der Waals surface area (Å²) in [5, 5.41) is 14.0. The molecule has 0 radical (unpaired) electrons. The number of carbonyl (C=O) groups is 1. The second kappa shape index (κ2) is 16.0. The molecule has 0 saturated carbocycles. The number of benzene rings is 1. The highest BCUT2D eigenvalue weighted by atomic mass is 35.5. The van der Waals surface area contributed by atoms with Gasteiger partial charge in [-0.25, -0.2) is 4.98 Å². The lowest BCUT2D eigenvalue weighted by Gasteiger charge is -2.42. The van der Waals surface area contributed by atoms with Gasteiger partial charge < -0.3 is 24.6 Å². The van der Waals surface area contributed by atoms with Crippen LogP contribution in [0.4, 0.5) is 5.95 Å². The van der Waals surface area contributed by atoms with Crippen LogP contribution in [0.5, 0.6) is 11.5 Å². The van der Waals surface area contributed by atoms with E-state index >= 15 is 0 Å². The molecular formula is C36H46Cl2N8O4. The number of amides is 1. The molecule has 0 spiro atoms. The zero-order valence-corrected chi connectivity index (χ0v) is 31.2. The van der Waals surface area contributed by atoms with Gasteiger partial charge in [-0.15, -0.1) is 0 Å². The number of carbonyl (C=O) groups excluding carboxylic acids is 1. The number of piperidine rings is 1. The summed E-state index contributed by atoms with van der Waals surface area (Å²) < 4.78 is 12.6. The summed E-state index contributed by atoms with van der Waals surface area (Å²) >= 11 is 13.5. The minimum Gasteiger partial charge on any atom is -0.495 e. The van der Waals surface area contributed by atoms with Gasteiger partial charge in [0.25, 0.3) is 11.5 Å². The molecule has 5 rings (SSSR count). The third-order valence-electron chi connectivity index (χ3n) is 9.96. The number of fused-ring (bicyclic) bond motifs is 1. The van der Waals surface area contributed by atoms with Crippen molar-refractivity contribution in [1.29, 1.82) is 5.26 Å². The number of nitriles is 1. The Morgan fingerprint density at radius 1 is 1.08 bits per heavy atom. The maximum absolute atomic E-state index is 14.2. The molecule has 0 atom stereocenters. The summed E-state index contributed by atoms with van der Waals surface area (Å²) in [5.41, 5.74) is 0.611. The van der Waals surface area contributed by atoms with Gasteiger partial charge in [-0.2, -0.15) is 10.2 Å². The predicted molar refractivity (Wildman–Crippen MR) is 197 cm³/mol. The zero-order chi connectivity index (χ0) is 36.2. The van der Waals surface area contributed by atoms with Crippen LogP contribution in [0.2, 0.25) is 10.0 Å². The molecule has 2 aliphatic rings. The standard InChI is InChI=1S/C36H46Cl2N8O4/c1-36(2,45-16-14-43(4)15-17-45)20-25(21-39)33(47)44-12-9-23(10-13-44)8-7-11-46-32-24(22-41-35(40-3)42-32)18-26(34(46)48)29-30(37)27(49-5)19-28(50-6)31(29)38/h18-20,22-23H,7-17H2,1-6H3,(H,40,41,42)/b25-20-. The first-order valence-corrected chi connectivity index (χ1v) is 17.7. The number of halogens is 2. The quantitative estimate of drug-likeness (QED) is 0.205. The Hall–Kier alpha value is -3.89. The minimum absolute atomic E-state index is 0.200. The monoisotopic (exact) mass is 724 g/mol. The van der Waals surface area contributed by atoms with Gasteiger partial charge in [0.1, 0.15) is 28.8 Å². The number of ether oxygens (including phenoxy) is 2. The van der Waals surface area contributed by atoms with Crippen molar-refractivity contribution in [3.05, 3.63) is 50.4 Å². The van der Waals surface area contributed by atoms with E-state index in [1.54, 1.807) is 34.8 Å². The van der Waals surface area contributed by atoms with E-state index in [-0.39, 0.29) is 32.6 Å². The van der Waals surface area contributed by atoms with Gasteiger partial charge >= 0.3 is 0 Å². The van der Waals surface area contributed by atoms with Crippen LogP contribution in [0.15, 0.2) is 34.8 Å². The lowest BCUT2D eigenvalue weighted by atomic mass is 9.91. The van der Waals surface area contributed by atoms with Crippen LogP contribution in [0.3, 0.4) is 0 Å². The number of hydrogen-bond donors (Lipinski definition) is 1. The third-order valence-corrected chi connectivity index (χ3v) is 10.7. The van der Waals surface area contributed by atoms with Crippen LogP contribution >= 0.6 is 23.2 Å². The highest BCUT2D eigenvalue weighted by Crippen LogP contribution is 2.45. The topological polar surface area (TPSA) is 129 Å². The van der Waals surface area contributed by atoms with E-state index in [2.05, 4.69) is 52.0 Å². The number of likely N-dealkylation sites (tertiary alicyclic amines) is 1. The average molecular weight is 726 g/mol. The number of anilines is 1. The summed E-state index contributed by atoms with van der Waals surface area (Å²) in [5.74, 6) is 1.23. The smallest absolute Gasteiger partial charge is 0.264 e. The van der Waals surface area contributed by atoms with Crippen LogP contribution in [0, 0.1) is 17.2 Å². The van der Waals surface area contributed by atoms with E-state index in [9.17, 15) is 14.9 Å². The summed E-state index contributed by atoms with van der Waals surface area (Å²) in [4.78, 5) is 43.1. The van der Waals surface area contributed by atoms with Gasteiger partial charge in [-0.3, -0.25) is 19.1 Å². The number of nitrogens with one attached hydrogen (secondary N) is 1. The number of aromatic nitrogens is 3. The Bertz CT molecular complexity index is 1830. The Labute approximate surface area is 303 Å². The van der Waals surface area contributed by atoms with Gasteiger partial charge in [0.2, 0.25) is 5.95 Å². The Kier molecular flexibility index (Phi) is 11.9. The summed E-state index contributed by atoms with van der Waals surface area (Å²) in [7, 11) is 6.80. The Morgan fingerprint density at radius 3 is 2.30 bits per heavy atom. The second-order valence-corrected chi connectivity index (χ2v) is 14.3. The number of likely N-dealkylation sites (N-methyl/N-ethyl adjacent to an activating group) is 1. The highest BCUT2D eigenvalue weighted by Gasteiger charge is 2.31. The van der Waals surface area contributed by atoms with Crippen molar-refractivity contribution >= 4 is 46.1 Å². The van der Waals surface area contributed by atoms with E-state index in [4.69, 9.17) is 32.7 Å². The lowest BCUT2D eigenvalue weighted by Crippen LogP contribution is -2.53. The van der Waals surface area contributed by atoms with E-state index in [1.165, 1.54) is 14.2 Å². The highest BCUT2D eigenvalue weighted by molar-refractivity contribution is 6.41. The lowest BCUT2D eigenvalue weighted by molar-refractivity contribution is -0.128. The fourth-order valence-electron chi connectivity index (χ4n) is 6.89. The number of pyridine rings is 1. The first-order valence-electron chi connectivity index (χ1n) is 17.0. The number of hydrogen-bond acceptors (Lipinski definition) is 10. The van der Waals surface area contributed by atoms with E-state index < -0.39 is 5.54 Å². The molecule has 50 heavy (non-hydrogen) atoms. The molecule has 2 saturated heterocycles. The van der Waals surface area contributed by atoms with Crippen molar-refractivity contribution in [2.24, 2.45) is 5.92 Å². The van der Waals surface area contributed by atoms with Crippen molar-refractivity contribution in [2.45, 2.75) is 51.6 Å². The Morgan fingerprint density at radius 2 is 1.72 bits per heavy atom. The number of nitrogens with zero attached hydrogens (tertiary/aromatic N) is 7. The van der Waals surface area contributed by atoms with Gasteiger partial charge in [0.15, 0.2) is 0 Å². The zero-order valence-electron chi connectivity index (χ0n) is 29.7. The molecule has 0 aliphatic carbocycles. The largest absolute Gasteiger partial charge is 0.495 e. The van der Waals surface area contributed by atoms with Gasteiger partial charge in [0, 0.05) is 81.6 Å². The van der Waals surface area contributed by atoms with Crippen LogP contribution in [-0.2, 0) is 11.3 Å². The Balaban J connectivity index is 1.30. The molecule has 14 heteroatoms. The fraction of sp³-hybridized carbons (Fsp3) is 0.528. The van der Waals surface area contributed by atoms with Crippen molar-refractivity contribution < 1.29 is 14.3 Å². The molecule has 3 aromatic rings. The third kappa shape index (κ3) is 7.86. The van der Waals surface area contributed by atoms with Crippen molar-refractivity contribution in [3.8, 4) is 28.7 Å². The molecule has 2 aliphatic heterocycles. The van der Waals surface area contributed by atoms with Crippen LogP contribution in [0.1, 0.15) is 39.5 Å².